The summed E-state index contributed by atoms with van der Waals surface area (Å²) in [6.45, 7) is 2.20. The van der Waals surface area contributed by atoms with E-state index >= 15 is 0 Å². The Morgan fingerprint density at radius 3 is 2.74 bits per heavy atom. The van der Waals surface area contributed by atoms with Gasteiger partial charge in [0.25, 0.3) is 5.91 Å². The summed E-state index contributed by atoms with van der Waals surface area (Å²) in [5, 5.41) is 6.29. The molecule has 34 heavy (non-hydrogen) atoms. The molecule has 0 spiro atoms. The van der Waals surface area contributed by atoms with Crippen molar-refractivity contribution in [3.63, 3.8) is 0 Å². The van der Waals surface area contributed by atoms with Crippen LogP contribution in [-0.4, -0.2) is 54.4 Å². The topological polar surface area (TPSA) is 92.8 Å². The smallest absolute Gasteiger partial charge is 0.254 e. The number of carbonyl (C=O) groups excluding carboxylic acids is 2. The van der Waals surface area contributed by atoms with Crippen LogP contribution in [0, 0.1) is 0 Å². The lowest BCUT2D eigenvalue weighted by atomic mass is 10.2. The standard InChI is InChI=1S/C25H26N4O4S/c1-29(15-18-6-3-2-4-7-18)13-12-26-24(31)20-8-5-11-27-25(20)34-16-23(30)28-19-9-10-21-22(14-19)33-17-32-21/h2-11,14H,12-13,15-17H2,1H3,(H,26,31)(H,28,30). The van der Waals surface area contributed by atoms with E-state index in [-0.39, 0.29) is 24.4 Å². The van der Waals surface area contributed by atoms with E-state index in [0.29, 0.717) is 40.9 Å². The first-order chi connectivity index (χ1) is 16.6. The van der Waals surface area contributed by atoms with E-state index in [0.717, 1.165) is 6.54 Å². The van der Waals surface area contributed by atoms with Gasteiger partial charge in [-0.1, -0.05) is 42.1 Å². The SMILES string of the molecule is CN(CCNC(=O)c1cccnc1SCC(=O)Nc1ccc2c(c1)OCO2)Cc1ccccc1. The van der Waals surface area contributed by atoms with Crippen molar-refractivity contribution in [3.05, 3.63) is 78.0 Å². The molecule has 0 fully saturated rings. The van der Waals surface area contributed by atoms with Crippen LogP contribution in [0.5, 0.6) is 11.5 Å². The van der Waals surface area contributed by atoms with E-state index in [1.54, 1.807) is 36.5 Å². The maximum absolute atomic E-state index is 12.7. The molecule has 8 nitrogen and oxygen atoms in total. The number of amides is 2. The first kappa shape index (κ1) is 23.6. The van der Waals surface area contributed by atoms with Crippen molar-refractivity contribution in [2.75, 3.05) is 38.0 Å². The van der Waals surface area contributed by atoms with Gasteiger partial charge in [-0.05, 0) is 36.9 Å². The van der Waals surface area contributed by atoms with Gasteiger partial charge in [-0.3, -0.25) is 9.59 Å². The Labute approximate surface area is 202 Å². The van der Waals surface area contributed by atoms with Gasteiger partial charge in [-0.2, -0.15) is 0 Å². The summed E-state index contributed by atoms with van der Waals surface area (Å²) in [5.41, 5.74) is 2.30. The molecule has 176 valence electrons. The highest BCUT2D eigenvalue weighted by atomic mass is 32.2. The Morgan fingerprint density at radius 2 is 1.88 bits per heavy atom. The molecular weight excluding hydrogens is 452 g/mol. The van der Waals surface area contributed by atoms with Crippen LogP contribution in [0.3, 0.4) is 0 Å². The van der Waals surface area contributed by atoms with Crippen molar-refractivity contribution >= 4 is 29.3 Å². The van der Waals surface area contributed by atoms with Gasteiger partial charge in [0.2, 0.25) is 12.7 Å². The highest BCUT2D eigenvalue weighted by Gasteiger charge is 2.16. The Balaban J connectivity index is 1.25. The number of carbonyl (C=O) groups is 2. The minimum absolute atomic E-state index is 0.117. The van der Waals surface area contributed by atoms with Crippen LogP contribution in [0.25, 0.3) is 0 Å². The van der Waals surface area contributed by atoms with Crippen molar-refractivity contribution < 1.29 is 19.1 Å². The molecule has 0 atom stereocenters. The van der Waals surface area contributed by atoms with E-state index in [4.69, 9.17) is 9.47 Å². The van der Waals surface area contributed by atoms with Crippen molar-refractivity contribution in [2.45, 2.75) is 11.6 Å². The second-order valence-electron chi connectivity index (χ2n) is 7.74. The van der Waals surface area contributed by atoms with Crippen molar-refractivity contribution in [1.29, 1.82) is 0 Å². The van der Waals surface area contributed by atoms with E-state index in [1.807, 2.05) is 25.2 Å². The van der Waals surface area contributed by atoms with Gasteiger partial charge in [0.1, 0.15) is 5.03 Å². The number of ether oxygens (including phenoxy) is 2. The fourth-order valence-corrected chi connectivity index (χ4v) is 4.21. The van der Waals surface area contributed by atoms with Crippen LogP contribution >= 0.6 is 11.8 Å². The number of nitrogens with one attached hydrogen (secondary N) is 2. The second kappa shape index (κ2) is 11.5. The van der Waals surface area contributed by atoms with Gasteiger partial charge < -0.3 is 25.0 Å². The van der Waals surface area contributed by atoms with Gasteiger partial charge >= 0.3 is 0 Å². The van der Waals surface area contributed by atoms with Crippen LogP contribution in [-0.2, 0) is 11.3 Å². The fraction of sp³-hybridized carbons (Fsp3) is 0.240. The summed E-state index contributed by atoms with van der Waals surface area (Å²) >= 11 is 1.22. The molecule has 1 aromatic heterocycles. The highest BCUT2D eigenvalue weighted by Crippen LogP contribution is 2.34. The highest BCUT2D eigenvalue weighted by molar-refractivity contribution is 8.00. The number of anilines is 1. The molecule has 2 amide bonds. The Bertz CT molecular complexity index is 1140. The number of fused-ring (bicyclic) bond motifs is 1. The molecule has 2 aromatic carbocycles. The Morgan fingerprint density at radius 1 is 1.06 bits per heavy atom. The monoisotopic (exact) mass is 478 g/mol. The summed E-state index contributed by atoms with van der Waals surface area (Å²) in [7, 11) is 2.02. The van der Waals surface area contributed by atoms with E-state index in [9.17, 15) is 9.59 Å². The number of hydrogen-bond donors (Lipinski definition) is 2. The molecule has 0 bridgehead atoms. The number of likely N-dealkylation sites (N-methyl/N-ethyl adjacent to an activating group) is 1. The minimum Gasteiger partial charge on any atom is -0.454 e. The van der Waals surface area contributed by atoms with Crippen molar-refractivity contribution in [3.8, 4) is 11.5 Å². The van der Waals surface area contributed by atoms with Crippen LogP contribution in [0.15, 0.2) is 71.9 Å². The average Bonchev–Trinajstić information content (AvgIpc) is 3.31. The number of thioether (sulfide) groups is 1. The number of hydrogen-bond acceptors (Lipinski definition) is 7. The van der Waals surface area contributed by atoms with Crippen LogP contribution in [0.2, 0.25) is 0 Å². The third-order valence-corrected chi connectivity index (χ3v) is 6.09. The molecule has 0 unspecified atom stereocenters. The summed E-state index contributed by atoms with van der Waals surface area (Å²) < 4.78 is 10.6. The van der Waals surface area contributed by atoms with E-state index in [1.165, 1.54) is 17.3 Å². The van der Waals surface area contributed by atoms with Gasteiger partial charge in [0.05, 0.1) is 11.3 Å². The zero-order valence-electron chi connectivity index (χ0n) is 18.8. The normalized spacial score (nSPS) is 11.9. The number of rotatable bonds is 10. The first-order valence-electron chi connectivity index (χ1n) is 10.9. The summed E-state index contributed by atoms with van der Waals surface area (Å²) in [6.07, 6.45) is 1.61. The maximum Gasteiger partial charge on any atom is 0.254 e. The molecule has 0 saturated heterocycles. The van der Waals surface area contributed by atoms with E-state index in [2.05, 4.69) is 32.7 Å². The molecule has 1 aliphatic rings. The van der Waals surface area contributed by atoms with Gasteiger partial charge in [-0.15, -0.1) is 0 Å². The lowest BCUT2D eigenvalue weighted by molar-refractivity contribution is -0.113. The average molecular weight is 479 g/mol. The molecule has 2 heterocycles. The summed E-state index contributed by atoms with van der Waals surface area (Å²) in [5.74, 6) is 0.959. The molecule has 2 N–H and O–H groups in total. The predicted octanol–water partition coefficient (Wildman–Crippen LogP) is 3.40. The number of aromatic nitrogens is 1. The van der Waals surface area contributed by atoms with Gasteiger partial charge in [-0.25, -0.2) is 4.98 Å². The zero-order valence-corrected chi connectivity index (χ0v) is 19.6. The molecule has 4 rings (SSSR count). The van der Waals surface area contributed by atoms with Crippen LogP contribution in [0.4, 0.5) is 5.69 Å². The lowest BCUT2D eigenvalue weighted by Gasteiger charge is -2.17. The molecule has 9 heteroatoms. The third kappa shape index (κ3) is 6.49. The van der Waals surface area contributed by atoms with Crippen LogP contribution in [0.1, 0.15) is 15.9 Å². The quantitative estimate of drug-likeness (QED) is 0.432. The van der Waals surface area contributed by atoms with Crippen molar-refractivity contribution in [1.82, 2.24) is 15.2 Å². The summed E-state index contributed by atoms with van der Waals surface area (Å²) in [6, 6.07) is 18.8. The Hall–Kier alpha value is -3.56. The van der Waals surface area contributed by atoms with Gasteiger partial charge in [0.15, 0.2) is 11.5 Å². The number of pyridine rings is 1. The molecule has 0 radical (unpaired) electrons. The van der Waals surface area contributed by atoms with Gasteiger partial charge in [0, 0.05) is 37.6 Å². The Kier molecular flexibility index (Phi) is 8.00. The number of benzene rings is 2. The molecular formula is C25H26N4O4S. The predicted molar refractivity (Wildman–Crippen MR) is 131 cm³/mol. The summed E-state index contributed by atoms with van der Waals surface area (Å²) in [4.78, 5) is 31.6. The number of nitrogens with zero attached hydrogens (tertiary/aromatic N) is 2. The van der Waals surface area contributed by atoms with Crippen molar-refractivity contribution in [2.24, 2.45) is 0 Å². The minimum atomic E-state index is -0.208. The third-order valence-electron chi connectivity index (χ3n) is 5.09. The van der Waals surface area contributed by atoms with E-state index < -0.39 is 0 Å². The zero-order chi connectivity index (χ0) is 23.8. The maximum atomic E-state index is 12.7. The molecule has 0 saturated carbocycles. The first-order valence-corrected chi connectivity index (χ1v) is 11.8. The molecule has 3 aromatic rings. The largest absolute Gasteiger partial charge is 0.454 e. The lowest BCUT2D eigenvalue weighted by Crippen LogP contribution is -2.33. The molecule has 1 aliphatic heterocycles. The molecule has 0 aliphatic carbocycles. The van der Waals surface area contributed by atoms with Crippen LogP contribution < -0.4 is 20.1 Å². The second-order valence-corrected chi connectivity index (χ2v) is 8.70. The fourth-order valence-electron chi connectivity index (χ4n) is 3.41.